The fourth-order valence-electron chi connectivity index (χ4n) is 5.31. The Labute approximate surface area is 247 Å². The van der Waals surface area contributed by atoms with E-state index < -0.39 is 16.1 Å². The zero-order chi connectivity index (χ0) is 28.5. The largest absolute Gasteiger partial charge is 0.387 e. The molecule has 0 aliphatic heterocycles. The second kappa shape index (κ2) is 14.2. The van der Waals surface area contributed by atoms with Crippen LogP contribution in [0, 0.1) is 5.92 Å². The maximum absolute atomic E-state index is 13.0. The molecule has 41 heavy (non-hydrogen) atoms. The average Bonchev–Trinajstić information content (AvgIpc) is 3.69. The molecule has 1 unspecified atom stereocenters. The minimum Gasteiger partial charge on any atom is -0.387 e. The third-order valence-electron chi connectivity index (χ3n) is 7.68. The number of nitrogens with zero attached hydrogens (tertiary/aromatic N) is 2. The summed E-state index contributed by atoms with van der Waals surface area (Å²) in [5.74, 6) is 0.912. The lowest BCUT2D eigenvalue weighted by Gasteiger charge is -2.12. The molecule has 0 bridgehead atoms. The maximum Gasteiger partial charge on any atom is 0.261 e. The Bertz CT molecular complexity index is 1470. The van der Waals surface area contributed by atoms with Gasteiger partial charge in [-0.15, -0.1) is 11.3 Å². The SMILES string of the molecule is O=S(=O)(Nc1ccc(CCNCC(O)c2cccnc2)cc1)c1ccc(-c2ncc(CCCC3CCCC3)s2)cc1. The zero-order valence-electron chi connectivity index (χ0n) is 23.2. The van der Waals surface area contributed by atoms with E-state index in [1.165, 1.54) is 43.4 Å². The van der Waals surface area contributed by atoms with Crippen LogP contribution in [0.3, 0.4) is 0 Å². The van der Waals surface area contributed by atoms with Crippen molar-refractivity contribution in [3.8, 4) is 10.6 Å². The van der Waals surface area contributed by atoms with Crippen LogP contribution in [-0.2, 0) is 22.9 Å². The van der Waals surface area contributed by atoms with Gasteiger partial charge in [-0.1, -0.05) is 62.4 Å². The Morgan fingerprint density at radius 3 is 2.49 bits per heavy atom. The van der Waals surface area contributed by atoms with Gasteiger partial charge in [-0.2, -0.15) is 0 Å². The Balaban J connectivity index is 1.08. The first-order valence-corrected chi connectivity index (χ1v) is 16.7. The maximum atomic E-state index is 13.0. The van der Waals surface area contributed by atoms with Gasteiger partial charge in [0.05, 0.1) is 11.0 Å². The molecule has 216 valence electrons. The van der Waals surface area contributed by atoms with E-state index >= 15 is 0 Å². The summed E-state index contributed by atoms with van der Waals surface area (Å²) in [5.41, 5.74) is 3.30. The van der Waals surface area contributed by atoms with E-state index in [1.807, 2.05) is 36.5 Å². The molecule has 0 amide bonds. The first-order chi connectivity index (χ1) is 20.0. The smallest absolute Gasteiger partial charge is 0.261 e. The number of rotatable bonds is 14. The van der Waals surface area contributed by atoms with E-state index in [9.17, 15) is 13.5 Å². The molecule has 2 heterocycles. The van der Waals surface area contributed by atoms with Crippen molar-refractivity contribution >= 4 is 27.0 Å². The summed E-state index contributed by atoms with van der Waals surface area (Å²) in [6.45, 7) is 1.13. The highest BCUT2D eigenvalue weighted by Crippen LogP contribution is 2.31. The van der Waals surface area contributed by atoms with Crippen molar-refractivity contribution in [2.24, 2.45) is 5.92 Å². The van der Waals surface area contributed by atoms with Crippen molar-refractivity contribution in [1.29, 1.82) is 0 Å². The van der Waals surface area contributed by atoms with Crippen LogP contribution >= 0.6 is 11.3 Å². The number of anilines is 1. The highest BCUT2D eigenvalue weighted by molar-refractivity contribution is 7.92. The van der Waals surface area contributed by atoms with E-state index in [-0.39, 0.29) is 4.90 Å². The lowest BCUT2D eigenvalue weighted by atomic mass is 10.0. The third kappa shape index (κ3) is 8.45. The van der Waals surface area contributed by atoms with Crippen molar-refractivity contribution in [1.82, 2.24) is 15.3 Å². The summed E-state index contributed by atoms with van der Waals surface area (Å²) in [6.07, 6.45) is 14.6. The van der Waals surface area contributed by atoms with E-state index in [2.05, 4.69) is 20.0 Å². The summed E-state index contributed by atoms with van der Waals surface area (Å²) in [7, 11) is -3.71. The lowest BCUT2D eigenvalue weighted by molar-refractivity contribution is 0.174. The first-order valence-electron chi connectivity index (χ1n) is 14.4. The Morgan fingerprint density at radius 2 is 1.76 bits per heavy atom. The van der Waals surface area contributed by atoms with Gasteiger partial charge in [0.15, 0.2) is 0 Å². The van der Waals surface area contributed by atoms with Crippen LogP contribution in [0.15, 0.2) is 84.1 Å². The molecule has 0 radical (unpaired) electrons. The van der Waals surface area contributed by atoms with E-state index in [0.717, 1.165) is 40.5 Å². The second-order valence-corrected chi connectivity index (χ2v) is 13.6. The monoisotopic (exact) mass is 590 g/mol. The van der Waals surface area contributed by atoms with Crippen LogP contribution in [0.25, 0.3) is 10.6 Å². The van der Waals surface area contributed by atoms with Crippen LogP contribution in [0.1, 0.15) is 60.6 Å². The summed E-state index contributed by atoms with van der Waals surface area (Å²) in [5, 5.41) is 14.4. The predicted molar refractivity (Wildman–Crippen MR) is 165 cm³/mol. The fraction of sp³-hybridized carbons (Fsp3) is 0.375. The van der Waals surface area contributed by atoms with Crippen molar-refractivity contribution in [2.45, 2.75) is 62.4 Å². The fourth-order valence-corrected chi connectivity index (χ4v) is 7.33. The van der Waals surface area contributed by atoms with Crippen molar-refractivity contribution < 1.29 is 13.5 Å². The predicted octanol–water partition coefficient (Wildman–Crippen LogP) is 6.38. The molecule has 3 N–H and O–H groups in total. The van der Waals surface area contributed by atoms with Crippen LogP contribution in [-0.4, -0.2) is 36.6 Å². The molecule has 1 aliphatic rings. The molecule has 2 aromatic heterocycles. The molecule has 7 nitrogen and oxygen atoms in total. The first kappa shape index (κ1) is 29.4. The normalized spacial score (nSPS) is 14.8. The number of aryl methyl sites for hydroxylation is 1. The number of pyridine rings is 1. The van der Waals surface area contributed by atoms with Crippen LogP contribution in [0.4, 0.5) is 5.69 Å². The van der Waals surface area contributed by atoms with E-state index in [4.69, 9.17) is 0 Å². The summed E-state index contributed by atoms with van der Waals surface area (Å²) in [4.78, 5) is 10.1. The van der Waals surface area contributed by atoms with Crippen LogP contribution in [0.2, 0.25) is 0 Å². The number of hydrogen-bond donors (Lipinski definition) is 3. The van der Waals surface area contributed by atoms with Crippen molar-refractivity contribution in [3.05, 3.63) is 95.3 Å². The minimum absolute atomic E-state index is 0.218. The van der Waals surface area contributed by atoms with Crippen LogP contribution < -0.4 is 10.0 Å². The second-order valence-electron chi connectivity index (χ2n) is 10.8. The van der Waals surface area contributed by atoms with Gasteiger partial charge in [-0.25, -0.2) is 13.4 Å². The molecule has 2 aromatic carbocycles. The third-order valence-corrected chi connectivity index (χ3v) is 10.2. The Kier molecular flexibility index (Phi) is 10.2. The number of nitrogens with one attached hydrogen (secondary N) is 2. The van der Waals surface area contributed by atoms with Gasteiger partial charge < -0.3 is 10.4 Å². The average molecular weight is 591 g/mol. The van der Waals surface area contributed by atoms with Gasteiger partial charge in [-0.3, -0.25) is 9.71 Å². The van der Waals surface area contributed by atoms with Gasteiger partial charge >= 0.3 is 0 Å². The van der Waals surface area contributed by atoms with Gasteiger partial charge in [0.2, 0.25) is 0 Å². The molecule has 9 heteroatoms. The number of aromatic nitrogens is 2. The molecular formula is C32H38N4O3S2. The molecule has 1 atom stereocenters. The number of aliphatic hydroxyl groups excluding tert-OH is 1. The van der Waals surface area contributed by atoms with Gasteiger partial charge in [0.25, 0.3) is 10.0 Å². The molecule has 4 aromatic rings. The summed E-state index contributed by atoms with van der Waals surface area (Å²) >= 11 is 1.70. The van der Waals surface area contributed by atoms with Gasteiger partial charge in [0.1, 0.15) is 5.01 Å². The molecule has 1 saturated carbocycles. The molecular weight excluding hydrogens is 553 g/mol. The Hall–Kier alpha value is -3.11. The van der Waals surface area contributed by atoms with Crippen LogP contribution in [0.5, 0.6) is 0 Å². The number of benzene rings is 2. The lowest BCUT2D eigenvalue weighted by Crippen LogP contribution is -2.23. The summed E-state index contributed by atoms with van der Waals surface area (Å²) < 4.78 is 28.7. The standard InChI is InChI=1S/C32H38N4O3S2/c37-31(27-8-4-19-33-21-27)23-34-20-18-25-10-14-28(15-11-25)36-41(38,39)30-16-12-26(13-17-30)32-35-22-29(40-32)9-3-7-24-5-1-2-6-24/h4,8,10-17,19,21-22,24,31,34,36-37H,1-3,5-7,9,18,20,23H2. The highest BCUT2D eigenvalue weighted by atomic mass is 32.2. The molecule has 0 saturated heterocycles. The molecule has 1 aliphatic carbocycles. The Morgan fingerprint density at radius 1 is 0.976 bits per heavy atom. The molecule has 5 rings (SSSR count). The number of sulfonamides is 1. The van der Waals surface area contributed by atoms with Gasteiger partial charge in [0, 0.05) is 46.8 Å². The van der Waals surface area contributed by atoms with E-state index in [1.54, 1.807) is 54.1 Å². The molecule has 0 spiro atoms. The topological polar surface area (TPSA) is 104 Å². The number of aliphatic hydroxyl groups is 1. The van der Waals surface area contributed by atoms with E-state index in [0.29, 0.717) is 18.8 Å². The van der Waals surface area contributed by atoms with Gasteiger partial charge in [-0.05, 0) is 67.6 Å². The highest BCUT2D eigenvalue weighted by Gasteiger charge is 2.16. The molecule has 1 fully saturated rings. The van der Waals surface area contributed by atoms with Crippen molar-refractivity contribution in [2.75, 3.05) is 17.8 Å². The number of thiazole rings is 1. The van der Waals surface area contributed by atoms with Crippen molar-refractivity contribution in [3.63, 3.8) is 0 Å². The number of hydrogen-bond acceptors (Lipinski definition) is 7. The minimum atomic E-state index is -3.71. The quantitative estimate of drug-likeness (QED) is 0.147. The zero-order valence-corrected chi connectivity index (χ0v) is 24.8. The summed E-state index contributed by atoms with van der Waals surface area (Å²) in [6, 6.07) is 18.0.